The molecule has 94 valence electrons. The van der Waals surface area contributed by atoms with Gasteiger partial charge in [-0.2, -0.15) is 5.10 Å². The molecule has 0 bridgehead atoms. The molecule has 0 amide bonds. The second kappa shape index (κ2) is 5.53. The number of hydrogen-bond acceptors (Lipinski definition) is 4. The van der Waals surface area contributed by atoms with Crippen molar-refractivity contribution >= 4 is 16.6 Å². The molecule has 0 spiro atoms. The molecular formula is C11H8N6O2. The van der Waals surface area contributed by atoms with Crippen molar-refractivity contribution in [1.29, 1.82) is 0 Å². The van der Waals surface area contributed by atoms with Gasteiger partial charge in [-0.3, -0.25) is 15.2 Å². The van der Waals surface area contributed by atoms with Crippen molar-refractivity contribution in [2.45, 2.75) is 6.42 Å². The number of aromatic nitrogens is 2. The molecule has 0 atom stereocenters. The molecule has 0 unspecified atom stereocenters. The molecule has 0 aliphatic rings. The Bertz CT molecular complexity index is 732. The molecule has 0 aliphatic carbocycles. The van der Waals surface area contributed by atoms with Gasteiger partial charge in [0.15, 0.2) is 0 Å². The van der Waals surface area contributed by atoms with E-state index < -0.39 is 4.92 Å². The van der Waals surface area contributed by atoms with Crippen LogP contribution in [0.25, 0.3) is 21.3 Å². The van der Waals surface area contributed by atoms with Crippen LogP contribution in [-0.4, -0.2) is 21.7 Å². The predicted molar refractivity (Wildman–Crippen MR) is 68.3 cm³/mol. The summed E-state index contributed by atoms with van der Waals surface area (Å²) in [4.78, 5) is 12.8. The van der Waals surface area contributed by atoms with E-state index >= 15 is 0 Å². The molecule has 0 fully saturated rings. The number of hydrogen-bond donors (Lipinski definition) is 1. The molecule has 0 radical (unpaired) electrons. The smallest absolute Gasteiger partial charge is 0.269 e. The Kier molecular flexibility index (Phi) is 3.61. The first-order valence-electron chi connectivity index (χ1n) is 5.34. The lowest BCUT2D eigenvalue weighted by Crippen LogP contribution is -1.86. The average Bonchev–Trinajstić information content (AvgIpc) is 2.81. The maximum atomic E-state index is 10.7. The molecule has 1 N–H and O–H groups in total. The van der Waals surface area contributed by atoms with Gasteiger partial charge in [0.1, 0.15) is 5.69 Å². The van der Waals surface area contributed by atoms with Crippen LogP contribution in [0.15, 0.2) is 23.3 Å². The number of azide groups is 1. The fourth-order valence-corrected chi connectivity index (χ4v) is 1.51. The molecule has 2 aromatic rings. The summed E-state index contributed by atoms with van der Waals surface area (Å²) >= 11 is 0. The molecule has 19 heavy (non-hydrogen) atoms. The summed E-state index contributed by atoms with van der Waals surface area (Å²) in [6.07, 6.45) is 0.416. The van der Waals surface area contributed by atoms with Crippen molar-refractivity contribution in [3.05, 3.63) is 44.5 Å². The van der Waals surface area contributed by atoms with Crippen LogP contribution in [0.5, 0.6) is 0 Å². The van der Waals surface area contributed by atoms with Crippen LogP contribution in [0.1, 0.15) is 12.1 Å². The van der Waals surface area contributed by atoms with Crippen molar-refractivity contribution in [1.82, 2.24) is 10.2 Å². The Labute approximate surface area is 107 Å². The Balaban J connectivity index is 2.30. The molecule has 1 aromatic heterocycles. The fourth-order valence-electron chi connectivity index (χ4n) is 1.51. The Morgan fingerprint density at radius 1 is 1.58 bits per heavy atom. The first-order chi connectivity index (χ1) is 9.22. The number of nitro groups is 1. The number of non-ortho nitro benzene ring substituents is 1. The van der Waals surface area contributed by atoms with E-state index in [1.807, 2.05) is 0 Å². The molecular weight excluding hydrogens is 248 g/mol. The van der Waals surface area contributed by atoms with E-state index in [0.29, 0.717) is 23.0 Å². The van der Waals surface area contributed by atoms with E-state index in [1.165, 1.54) is 12.1 Å². The van der Waals surface area contributed by atoms with Gasteiger partial charge in [-0.25, -0.2) is 0 Å². The monoisotopic (exact) mass is 256 g/mol. The third-order valence-electron chi connectivity index (χ3n) is 2.36. The zero-order valence-corrected chi connectivity index (χ0v) is 9.70. The van der Waals surface area contributed by atoms with Crippen molar-refractivity contribution in [3.63, 3.8) is 0 Å². The van der Waals surface area contributed by atoms with Crippen LogP contribution in [-0.2, 0) is 0 Å². The summed E-state index contributed by atoms with van der Waals surface area (Å²) in [5, 5.41) is 21.4. The van der Waals surface area contributed by atoms with Gasteiger partial charge in [0.2, 0.25) is 0 Å². The second-order valence-corrected chi connectivity index (χ2v) is 3.56. The van der Waals surface area contributed by atoms with Gasteiger partial charge in [0, 0.05) is 35.4 Å². The molecule has 0 saturated carbocycles. The summed E-state index contributed by atoms with van der Waals surface area (Å²) in [6.45, 7) is 0.287. The van der Waals surface area contributed by atoms with Gasteiger partial charge in [-0.05, 0) is 17.5 Å². The Morgan fingerprint density at radius 3 is 3.16 bits per heavy atom. The first-order valence-corrected chi connectivity index (χ1v) is 5.34. The van der Waals surface area contributed by atoms with Crippen LogP contribution in [0.4, 0.5) is 5.69 Å². The van der Waals surface area contributed by atoms with Gasteiger partial charge >= 0.3 is 0 Å². The van der Waals surface area contributed by atoms with E-state index in [0.717, 1.165) is 0 Å². The normalized spacial score (nSPS) is 9.47. The van der Waals surface area contributed by atoms with E-state index in [1.54, 1.807) is 6.07 Å². The quantitative estimate of drug-likeness (QED) is 0.173. The third kappa shape index (κ3) is 2.80. The number of rotatable bonds is 3. The highest BCUT2D eigenvalue weighted by Gasteiger charge is 2.10. The minimum Gasteiger partial charge on any atom is -0.269 e. The maximum absolute atomic E-state index is 10.7. The van der Waals surface area contributed by atoms with Gasteiger partial charge in [0.25, 0.3) is 5.69 Å². The summed E-state index contributed by atoms with van der Waals surface area (Å²) in [5.41, 5.74) is 9.22. The van der Waals surface area contributed by atoms with Crippen LogP contribution in [0, 0.1) is 22.0 Å². The summed E-state index contributed by atoms with van der Waals surface area (Å²) in [6, 6.07) is 4.38. The largest absolute Gasteiger partial charge is 0.270 e. The van der Waals surface area contributed by atoms with Gasteiger partial charge < -0.3 is 0 Å². The highest BCUT2D eigenvalue weighted by molar-refractivity contribution is 5.86. The summed E-state index contributed by atoms with van der Waals surface area (Å²) < 4.78 is 0. The lowest BCUT2D eigenvalue weighted by atomic mass is 10.2. The number of fused-ring (bicyclic) bond motifs is 1. The molecule has 0 aliphatic heterocycles. The maximum Gasteiger partial charge on any atom is 0.270 e. The Hall–Kier alpha value is -3.04. The van der Waals surface area contributed by atoms with Crippen LogP contribution in [0.2, 0.25) is 0 Å². The second-order valence-electron chi connectivity index (χ2n) is 3.56. The van der Waals surface area contributed by atoms with Crippen LogP contribution >= 0.6 is 0 Å². The van der Waals surface area contributed by atoms with Crippen molar-refractivity contribution < 1.29 is 4.92 Å². The van der Waals surface area contributed by atoms with Gasteiger partial charge in [-0.1, -0.05) is 11.0 Å². The molecule has 1 heterocycles. The predicted octanol–water partition coefficient (Wildman–Crippen LogP) is 2.52. The van der Waals surface area contributed by atoms with Crippen molar-refractivity contribution in [2.75, 3.05) is 6.54 Å². The average molecular weight is 256 g/mol. The lowest BCUT2D eigenvalue weighted by Gasteiger charge is -1.91. The van der Waals surface area contributed by atoms with E-state index in [-0.39, 0.29) is 12.2 Å². The summed E-state index contributed by atoms with van der Waals surface area (Å²) in [7, 11) is 0. The van der Waals surface area contributed by atoms with Crippen LogP contribution < -0.4 is 0 Å². The molecule has 0 saturated heterocycles. The zero-order chi connectivity index (χ0) is 13.7. The summed E-state index contributed by atoms with van der Waals surface area (Å²) in [5.74, 6) is 5.63. The number of aromatic amines is 1. The minimum atomic E-state index is -0.467. The lowest BCUT2D eigenvalue weighted by molar-refractivity contribution is -0.384. The van der Waals surface area contributed by atoms with E-state index in [2.05, 4.69) is 32.1 Å². The zero-order valence-electron chi connectivity index (χ0n) is 9.70. The van der Waals surface area contributed by atoms with Gasteiger partial charge in [-0.15, -0.1) is 0 Å². The first kappa shape index (κ1) is 12.4. The third-order valence-corrected chi connectivity index (χ3v) is 2.36. The standard InChI is InChI=1S/C11H8N6O2/c12-16-13-6-2-1-3-10-9-7-8(17(18)19)4-5-11(9)15-14-10/h4-5,7H,2,6H2,(H,14,15). The molecule has 2 rings (SSSR count). The topological polar surface area (TPSA) is 121 Å². The van der Waals surface area contributed by atoms with Crippen molar-refractivity contribution in [2.24, 2.45) is 5.11 Å². The fraction of sp³-hybridized carbons (Fsp3) is 0.182. The SMILES string of the molecule is [N-]=[N+]=NCCC#Cc1[nH]nc2ccc([N+](=O)[O-])cc12. The van der Waals surface area contributed by atoms with E-state index in [4.69, 9.17) is 5.53 Å². The van der Waals surface area contributed by atoms with E-state index in [9.17, 15) is 10.1 Å². The highest BCUT2D eigenvalue weighted by Crippen LogP contribution is 2.21. The number of nitrogens with one attached hydrogen (secondary N) is 1. The Morgan fingerprint density at radius 2 is 2.42 bits per heavy atom. The van der Waals surface area contributed by atoms with Gasteiger partial charge in [0.05, 0.1) is 10.4 Å². The number of nitro benzene ring substituents is 1. The highest BCUT2D eigenvalue weighted by atomic mass is 16.6. The van der Waals surface area contributed by atoms with Crippen molar-refractivity contribution in [3.8, 4) is 11.8 Å². The minimum absolute atomic E-state index is 0.00831. The molecule has 8 heteroatoms. The van der Waals surface area contributed by atoms with Crippen LogP contribution in [0.3, 0.4) is 0 Å². The number of nitrogens with zero attached hydrogens (tertiary/aromatic N) is 5. The molecule has 1 aromatic carbocycles. The number of H-pyrrole nitrogens is 1. The molecule has 8 nitrogen and oxygen atoms in total. The number of benzene rings is 1.